The number of H-pyrrole nitrogens is 1. The molecule has 0 unspecified atom stereocenters. The topological polar surface area (TPSA) is 156 Å². The van der Waals surface area contributed by atoms with Crippen molar-refractivity contribution in [1.29, 1.82) is 0 Å². The average molecular weight is 297 g/mol. The fraction of sp³-hybridized carbons (Fsp3) is 0.429. The first-order chi connectivity index (χ1) is 8.18. The molecule has 0 atom stereocenters. The number of aromatic nitrogens is 2. The van der Waals surface area contributed by atoms with Gasteiger partial charge in [-0.25, -0.2) is 4.98 Å². The number of nitrogens with one attached hydrogen (secondary N) is 1. The molecule has 5 N–H and O–H groups in total. The first kappa shape index (κ1) is 15.2. The molecule has 0 radical (unpaired) electrons. The molecule has 0 aliphatic heterocycles. The van der Waals surface area contributed by atoms with Gasteiger partial charge in [0.05, 0.1) is 12.5 Å². The summed E-state index contributed by atoms with van der Waals surface area (Å²) in [4.78, 5) is 45.3. The van der Waals surface area contributed by atoms with Crippen molar-refractivity contribution in [2.75, 3.05) is 12.7 Å². The second-order valence-corrected chi connectivity index (χ2v) is 6.74. The molecule has 1 rings (SSSR count). The Morgan fingerprint density at radius 2 is 2.00 bits per heavy atom. The summed E-state index contributed by atoms with van der Waals surface area (Å²) in [5.74, 6) is 0. The molecular formula is C7H13N3O6P2. The largest absolute Gasteiger partial charge is 0.370 e. The number of hydrogen-bond acceptors (Lipinski definition) is 4. The second kappa shape index (κ2) is 5.88. The van der Waals surface area contributed by atoms with E-state index in [1.165, 1.54) is 12.5 Å². The molecule has 18 heavy (non-hydrogen) atoms. The van der Waals surface area contributed by atoms with E-state index in [2.05, 4.69) is 15.0 Å². The van der Waals surface area contributed by atoms with E-state index in [1.54, 1.807) is 0 Å². The Morgan fingerprint density at radius 1 is 1.33 bits per heavy atom. The standard InChI is InChI=1S/C7H13N3O6P2/c11-17(12,13)4-7(18(14,15)16)9-2-1-6-3-8-5-10-6/h3,5H,1-2,4H2,(H,8,10)(H2,11,12,13)(H2,14,15,16). The minimum atomic E-state index is -4.75. The molecule has 1 heterocycles. The highest BCUT2D eigenvalue weighted by molar-refractivity contribution is 7.73. The molecule has 0 amide bonds. The van der Waals surface area contributed by atoms with Crippen molar-refractivity contribution in [2.24, 2.45) is 4.99 Å². The third kappa shape index (κ3) is 5.68. The van der Waals surface area contributed by atoms with Crippen LogP contribution in [0.5, 0.6) is 0 Å². The zero-order valence-electron chi connectivity index (χ0n) is 9.17. The van der Waals surface area contributed by atoms with E-state index in [1.807, 2.05) is 0 Å². The highest BCUT2D eigenvalue weighted by Gasteiger charge is 2.29. The smallest absolute Gasteiger partial charge is 0.348 e. The molecule has 0 aromatic carbocycles. The van der Waals surface area contributed by atoms with Gasteiger partial charge in [0.15, 0.2) is 0 Å². The third-order valence-corrected chi connectivity index (χ3v) is 3.85. The highest BCUT2D eigenvalue weighted by atomic mass is 31.2. The number of hydrogen-bond donors (Lipinski definition) is 5. The molecule has 102 valence electrons. The Labute approximate surface area is 102 Å². The molecule has 0 aliphatic carbocycles. The number of aliphatic imine (C=N–C) groups is 1. The summed E-state index contributed by atoms with van der Waals surface area (Å²) in [6.07, 6.45) is 2.26. The fourth-order valence-corrected chi connectivity index (χ4v) is 3.19. The average Bonchev–Trinajstić information content (AvgIpc) is 2.65. The molecule has 0 saturated carbocycles. The van der Waals surface area contributed by atoms with Gasteiger partial charge in [-0.3, -0.25) is 14.1 Å². The van der Waals surface area contributed by atoms with Gasteiger partial charge in [-0.2, -0.15) is 0 Å². The van der Waals surface area contributed by atoms with E-state index in [4.69, 9.17) is 19.6 Å². The van der Waals surface area contributed by atoms with Gasteiger partial charge < -0.3 is 24.6 Å². The Kier molecular flexibility index (Phi) is 4.98. The molecule has 0 spiro atoms. The van der Waals surface area contributed by atoms with Crippen molar-refractivity contribution in [3.8, 4) is 0 Å². The van der Waals surface area contributed by atoms with Crippen LogP contribution in [0.1, 0.15) is 5.69 Å². The van der Waals surface area contributed by atoms with Crippen molar-refractivity contribution in [3.63, 3.8) is 0 Å². The zero-order chi connectivity index (χ0) is 13.8. The van der Waals surface area contributed by atoms with Crippen molar-refractivity contribution in [3.05, 3.63) is 18.2 Å². The molecule has 0 saturated heterocycles. The Bertz CT molecular complexity index is 501. The van der Waals surface area contributed by atoms with Gasteiger partial charge in [0.1, 0.15) is 5.45 Å². The maximum absolute atomic E-state index is 11.0. The Hall–Kier alpha value is -0.820. The minimum absolute atomic E-state index is 0.00262. The zero-order valence-corrected chi connectivity index (χ0v) is 11.0. The quantitative estimate of drug-likeness (QED) is 0.356. The Morgan fingerprint density at radius 3 is 2.44 bits per heavy atom. The van der Waals surface area contributed by atoms with Crippen LogP contribution in [0.4, 0.5) is 0 Å². The first-order valence-corrected chi connectivity index (χ1v) is 8.21. The Balaban J connectivity index is 2.71. The van der Waals surface area contributed by atoms with Crippen LogP contribution in [0.2, 0.25) is 0 Å². The van der Waals surface area contributed by atoms with Crippen LogP contribution in [0.25, 0.3) is 0 Å². The summed E-state index contributed by atoms with van der Waals surface area (Å²) in [6.45, 7) is 0.00262. The van der Waals surface area contributed by atoms with Crippen molar-refractivity contribution in [1.82, 2.24) is 9.97 Å². The van der Waals surface area contributed by atoms with Gasteiger partial charge in [0, 0.05) is 24.9 Å². The molecule has 0 bridgehead atoms. The van der Waals surface area contributed by atoms with Gasteiger partial charge in [0.2, 0.25) is 0 Å². The van der Waals surface area contributed by atoms with Crippen LogP contribution in [-0.2, 0) is 15.6 Å². The van der Waals surface area contributed by atoms with Crippen molar-refractivity contribution in [2.45, 2.75) is 6.42 Å². The molecule has 1 aromatic heterocycles. The highest BCUT2D eigenvalue weighted by Crippen LogP contribution is 2.45. The van der Waals surface area contributed by atoms with Crippen LogP contribution < -0.4 is 0 Å². The maximum atomic E-state index is 11.0. The maximum Gasteiger partial charge on any atom is 0.370 e. The number of nitrogens with zero attached hydrogens (tertiary/aromatic N) is 2. The lowest BCUT2D eigenvalue weighted by molar-refractivity contribution is 0.374. The predicted octanol–water partition coefficient (Wildman–Crippen LogP) is -0.294. The van der Waals surface area contributed by atoms with E-state index in [0.717, 1.165) is 0 Å². The van der Waals surface area contributed by atoms with Crippen LogP contribution in [0, 0.1) is 0 Å². The third-order valence-electron chi connectivity index (χ3n) is 1.91. The monoisotopic (exact) mass is 297 g/mol. The summed E-state index contributed by atoms with van der Waals surface area (Å²) in [5.41, 5.74) is -0.0738. The van der Waals surface area contributed by atoms with Crippen molar-refractivity contribution >= 4 is 20.6 Å². The molecule has 1 aromatic rings. The number of rotatable bonds is 6. The lowest BCUT2D eigenvalue weighted by Gasteiger charge is -2.09. The summed E-state index contributed by atoms with van der Waals surface area (Å²) >= 11 is 0. The molecule has 11 heteroatoms. The van der Waals surface area contributed by atoms with Crippen LogP contribution >= 0.6 is 15.2 Å². The van der Waals surface area contributed by atoms with Gasteiger partial charge in [-0.1, -0.05) is 0 Å². The molecule has 0 fully saturated rings. The number of aromatic amines is 1. The first-order valence-electron chi connectivity index (χ1n) is 4.80. The van der Waals surface area contributed by atoms with E-state index in [0.29, 0.717) is 12.1 Å². The molecule has 9 nitrogen and oxygen atoms in total. The summed E-state index contributed by atoms with van der Waals surface area (Å²) in [6, 6.07) is 0. The van der Waals surface area contributed by atoms with Crippen LogP contribution in [-0.4, -0.2) is 47.7 Å². The summed E-state index contributed by atoms with van der Waals surface area (Å²) in [7, 11) is -9.31. The lowest BCUT2D eigenvalue weighted by atomic mass is 10.3. The van der Waals surface area contributed by atoms with E-state index >= 15 is 0 Å². The summed E-state index contributed by atoms with van der Waals surface area (Å²) in [5, 5.41) is 0. The summed E-state index contributed by atoms with van der Waals surface area (Å²) < 4.78 is 21.7. The van der Waals surface area contributed by atoms with Gasteiger partial charge in [-0.05, 0) is 0 Å². The van der Waals surface area contributed by atoms with Crippen molar-refractivity contribution < 1.29 is 28.7 Å². The lowest BCUT2D eigenvalue weighted by Crippen LogP contribution is -2.08. The SMILES string of the molecule is O=P(O)(O)CC(=NCCc1cnc[nH]1)P(=O)(O)O. The van der Waals surface area contributed by atoms with Gasteiger partial charge >= 0.3 is 15.2 Å². The predicted molar refractivity (Wildman–Crippen MR) is 63.5 cm³/mol. The normalized spacial score (nSPS) is 13.9. The minimum Gasteiger partial charge on any atom is -0.348 e. The fourth-order valence-electron chi connectivity index (χ4n) is 1.15. The number of imidazole rings is 1. The van der Waals surface area contributed by atoms with E-state index < -0.39 is 26.8 Å². The van der Waals surface area contributed by atoms with E-state index in [9.17, 15) is 9.13 Å². The van der Waals surface area contributed by atoms with E-state index in [-0.39, 0.29) is 6.54 Å². The van der Waals surface area contributed by atoms with Gasteiger partial charge in [-0.15, -0.1) is 0 Å². The van der Waals surface area contributed by atoms with Gasteiger partial charge in [0.25, 0.3) is 0 Å². The molecular weight excluding hydrogens is 284 g/mol. The molecule has 0 aliphatic rings. The van der Waals surface area contributed by atoms with Crippen LogP contribution in [0.3, 0.4) is 0 Å². The second-order valence-electron chi connectivity index (χ2n) is 3.49. The van der Waals surface area contributed by atoms with Crippen LogP contribution in [0.15, 0.2) is 17.5 Å².